The zero-order valence-corrected chi connectivity index (χ0v) is 8.94. The largest absolute Gasteiger partial charge is 0.390 e. The Hall–Kier alpha value is -1.39. The summed E-state index contributed by atoms with van der Waals surface area (Å²) in [4.78, 5) is 0. The summed E-state index contributed by atoms with van der Waals surface area (Å²) in [7, 11) is 0. The Morgan fingerprint density at radius 2 is 2.27 bits per heavy atom. The second kappa shape index (κ2) is 4.00. The van der Waals surface area contributed by atoms with Crippen LogP contribution in [0.25, 0.3) is 5.69 Å². The molecule has 5 heteroatoms. The van der Waals surface area contributed by atoms with E-state index in [1.54, 1.807) is 10.9 Å². The molecule has 2 rings (SSSR count). The highest BCUT2D eigenvalue weighted by Crippen LogP contribution is 2.18. The van der Waals surface area contributed by atoms with Crippen molar-refractivity contribution in [2.24, 2.45) is 0 Å². The molecule has 0 amide bonds. The van der Waals surface area contributed by atoms with Gasteiger partial charge in [0.05, 0.1) is 18.5 Å². The second-order valence-electron chi connectivity index (χ2n) is 3.25. The number of rotatable bonds is 2. The van der Waals surface area contributed by atoms with Gasteiger partial charge in [0.15, 0.2) is 0 Å². The lowest BCUT2D eigenvalue weighted by Gasteiger charge is -2.02. The first-order chi connectivity index (χ1) is 7.20. The van der Waals surface area contributed by atoms with Gasteiger partial charge in [0.2, 0.25) is 0 Å². The SMILES string of the molecule is Cc1cc(-n2cc(CO)nn2)ccc1Cl. The highest BCUT2D eigenvalue weighted by molar-refractivity contribution is 6.31. The van der Waals surface area contributed by atoms with E-state index in [0.29, 0.717) is 5.69 Å². The molecule has 0 spiro atoms. The van der Waals surface area contributed by atoms with Crippen LogP contribution in [0.15, 0.2) is 24.4 Å². The summed E-state index contributed by atoms with van der Waals surface area (Å²) in [5.41, 5.74) is 2.40. The fourth-order valence-corrected chi connectivity index (χ4v) is 1.39. The lowest BCUT2D eigenvalue weighted by Crippen LogP contribution is -1.95. The average Bonchev–Trinajstić information content (AvgIpc) is 2.70. The summed E-state index contributed by atoms with van der Waals surface area (Å²) < 4.78 is 1.61. The molecule has 0 aliphatic carbocycles. The van der Waals surface area contributed by atoms with Crippen LogP contribution in [0.1, 0.15) is 11.3 Å². The summed E-state index contributed by atoms with van der Waals surface area (Å²) in [6.07, 6.45) is 1.68. The number of aliphatic hydroxyl groups excluding tert-OH is 1. The van der Waals surface area contributed by atoms with Crippen LogP contribution in [-0.4, -0.2) is 20.1 Å². The van der Waals surface area contributed by atoms with Crippen molar-refractivity contribution in [2.75, 3.05) is 0 Å². The molecular weight excluding hydrogens is 214 g/mol. The topological polar surface area (TPSA) is 50.9 Å². The molecule has 1 aromatic heterocycles. The van der Waals surface area contributed by atoms with Gasteiger partial charge >= 0.3 is 0 Å². The Morgan fingerprint density at radius 1 is 1.47 bits per heavy atom. The third-order valence-electron chi connectivity index (χ3n) is 2.11. The summed E-state index contributed by atoms with van der Waals surface area (Å²) in [5, 5.41) is 17.3. The molecule has 0 aliphatic rings. The van der Waals surface area contributed by atoms with E-state index in [2.05, 4.69) is 10.3 Å². The standard InChI is InChI=1S/C10H10ClN3O/c1-7-4-9(2-3-10(7)11)14-5-8(6-15)12-13-14/h2-5,15H,6H2,1H3. The van der Waals surface area contributed by atoms with Crippen molar-refractivity contribution in [3.63, 3.8) is 0 Å². The smallest absolute Gasteiger partial charge is 0.109 e. The van der Waals surface area contributed by atoms with Crippen LogP contribution in [0.2, 0.25) is 5.02 Å². The first kappa shape index (κ1) is 10.1. The van der Waals surface area contributed by atoms with E-state index in [-0.39, 0.29) is 6.61 Å². The minimum absolute atomic E-state index is 0.105. The van der Waals surface area contributed by atoms with Crippen LogP contribution >= 0.6 is 11.6 Å². The molecule has 0 aliphatic heterocycles. The Morgan fingerprint density at radius 3 is 2.87 bits per heavy atom. The van der Waals surface area contributed by atoms with Gasteiger partial charge in [0.1, 0.15) is 5.69 Å². The number of hydrogen-bond acceptors (Lipinski definition) is 3. The van der Waals surface area contributed by atoms with E-state index < -0.39 is 0 Å². The number of halogens is 1. The summed E-state index contributed by atoms with van der Waals surface area (Å²) in [5.74, 6) is 0. The van der Waals surface area contributed by atoms with Crippen molar-refractivity contribution >= 4 is 11.6 Å². The molecule has 2 aromatic rings. The summed E-state index contributed by atoms with van der Waals surface area (Å²) in [6, 6.07) is 5.58. The molecule has 0 atom stereocenters. The number of aryl methyl sites for hydroxylation is 1. The first-order valence-corrected chi connectivity index (χ1v) is 4.87. The van der Waals surface area contributed by atoms with Crippen LogP contribution in [0, 0.1) is 6.92 Å². The van der Waals surface area contributed by atoms with Gasteiger partial charge in [-0.05, 0) is 30.7 Å². The maximum Gasteiger partial charge on any atom is 0.109 e. The Bertz CT molecular complexity index is 481. The van der Waals surface area contributed by atoms with E-state index in [9.17, 15) is 0 Å². The van der Waals surface area contributed by atoms with Crippen LogP contribution in [-0.2, 0) is 6.61 Å². The van der Waals surface area contributed by atoms with Crippen molar-refractivity contribution in [1.29, 1.82) is 0 Å². The third kappa shape index (κ3) is 2.00. The molecular formula is C10H10ClN3O. The van der Waals surface area contributed by atoms with Crippen molar-refractivity contribution in [3.8, 4) is 5.69 Å². The number of hydrogen-bond donors (Lipinski definition) is 1. The van der Waals surface area contributed by atoms with E-state index in [1.807, 2.05) is 25.1 Å². The van der Waals surface area contributed by atoms with Crippen LogP contribution in [0.3, 0.4) is 0 Å². The predicted octanol–water partition coefficient (Wildman–Crippen LogP) is 1.72. The highest BCUT2D eigenvalue weighted by atomic mass is 35.5. The Kier molecular flexibility index (Phi) is 2.70. The predicted molar refractivity (Wildman–Crippen MR) is 57.0 cm³/mol. The second-order valence-corrected chi connectivity index (χ2v) is 3.65. The van der Waals surface area contributed by atoms with E-state index in [1.165, 1.54) is 0 Å². The van der Waals surface area contributed by atoms with Gasteiger partial charge in [0.25, 0.3) is 0 Å². The molecule has 0 bridgehead atoms. The van der Waals surface area contributed by atoms with Crippen molar-refractivity contribution in [2.45, 2.75) is 13.5 Å². The Balaban J connectivity index is 2.40. The number of aliphatic hydroxyl groups is 1. The minimum Gasteiger partial charge on any atom is -0.390 e. The number of benzene rings is 1. The summed E-state index contributed by atoms with van der Waals surface area (Å²) in [6.45, 7) is 1.82. The van der Waals surface area contributed by atoms with Crippen LogP contribution < -0.4 is 0 Å². The van der Waals surface area contributed by atoms with Gasteiger partial charge < -0.3 is 5.11 Å². The highest BCUT2D eigenvalue weighted by Gasteiger charge is 2.03. The van der Waals surface area contributed by atoms with Crippen molar-refractivity contribution in [3.05, 3.63) is 40.7 Å². The van der Waals surface area contributed by atoms with E-state index in [4.69, 9.17) is 16.7 Å². The molecule has 1 N–H and O–H groups in total. The zero-order valence-electron chi connectivity index (χ0n) is 8.18. The maximum atomic E-state index is 8.86. The molecule has 1 heterocycles. The van der Waals surface area contributed by atoms with Crippen LogP contribution in [0.5, 0.6) is 0 Å². The molecule has 0 fully saturated rings. The monoisotopic (exact) mass is 223 g/mol. The van der Waals surface area contributed by atoms with Crippen molar-refractivity contribution in [1.82, 2.24) is 15.0 Å². The average molecular weight is 224 g/mol. The molecule has 0 saturated heterocycles. The number of nitrogens with zero attached hydrogens (tertiary/aromatic N) is 3. The molecule has 78 valence electrons. The number of aromatic nitrogens is 3. The maximum absolute atomic E-state index is 8.86. The van der Waals surface area contributed by atoms with E-state index in [0.717, 1.165) is 16.3 Å². The van der Waals surface area contributed by atoms with Crippen LogP contribution in [0.4, 0.5) is 0 Å². The van der Waals surface area contributed by atoms with Gasteiger partial charge in [-0.15, -0.1) is 5.10 Å². The molecule has 0 saturated carbocycles. The minimum atomic E-state index is -0.105. The molecule has 0 unspecified atom stereocenters. The fourth-order valence-electron chi connectivity index (χ4n) is 1.27. The van der Waals surface area contributed by atoms with Gasteiger partial charge in [-0.25, -0.2) is 4.68 Å². The lowest BCUT2D eigenvalue weighted by molar-refractivity contribution is 0.276. The van der Waals surface area contributed by atoms with Gasteiger partial charge in [-0.3, -0.25) is 0 Å². The molecule has 1 aromatic carbocycles. The van der Waals surface area contributed by atoms with Crippen molar-refractivity contribution < 1.29 is 5.11 Å². The molecule has 15 heavy (non-hydrogen) atoms. The Labute approximate surface area is 92.1 Å². The van der Waals surface area contributed by atoms with Gasteiger partial charge in [-0.1, -0.05) is 16.8 Å². The molecule has 0 radical (unpaired) electrons. The normalized spacial score (nSPS) is 10.6. The zero-order chi connectivity index (χ0) is 10.8. The van der Waals surface area contributed by atoms with E-state index >= 15 is 0 Å². The van der Waals surface area contributed by atoms with Gasteiger partial charge in [0, 0.05) is 5.02 Å². The summed E-state index contributed by atoms with van der Waals surface area (Å²) >= 11 is 5.92. The van der Waals surface area contributed by atoms with Gasteiger partial charge in [-0.2, -0.15) is 0 Å². The fraction of sp³-hybridized carbons (Fsp3) is 0.200. The molecule has 4 nitrogen and oxygen atoms in total. The first-order valence-electron chi connectivity index (χ1n) is 4.49. The third-order valence-corrected chi connectivity index (χ3v) is 2.53. The quantitative estimate of drug-likeness (QED) is 0.844. The lowest BCUT2D eigenvalue weighted by atomic mass is 10.2.